The quantitative estimate of drug-likeness (QED) is 0.466. The van der Waals surface area contributed by atoms with Gasteiger partial charge >= 0.3 is 6.18 Å². The molecule has 3 aromatic carbocycles. The number of halogens is 3. The van der Waals surface area contributed by atoms with E-state index in [-0.39, 0.29) is 9.92 Å². The largest absolute Gasteiger partial charge is 0.416 e. The van der Waals surface area contributed by atoms with Crippen LogP contribution < -0.4 is 10.2 Å². The molecule has 1 aliphatic heterocycles. The summed E-state index contributed by atoms with van der Waals surface area (Å²) in [5.74, 6) is 0. The van der Waals surface area contributed by atoms with E-state index in [9.17, 15) is 21.6 Å². The maximum atomic E-state index is 13.5. The van der Waals surface area contributed by atoms with Crippen LogP contribution in [0, 0.1) is 0 Å². The van der Waals surface area contributed by atoms with Crippen molar-refractivity contribution in [3.05, 3.63) is 78.4 Å². The molecule has 10 heteroatoms. The molecule has 176 valence electrons. The molecule has 5 rings (SSSR count). The molecule has 0 amide bonds. The van der Waals surface area contributed by atoms with E-state index in [1.54, 1.807) is 30.3 Å². The summed E-state index contributed by atoms with van der Waals surface area (Å²) in [4.78, 5) is 2.26. The lowest BCUT2D eigenvalue weighted by Gasteiger charge is -2.29. The van der Waals surface area contributed by atoms with Crippen LogP contribution in [0.2, 0.25) is 0 Å². The number of sulfone groups is 1. The predicted octanol–water partition coefficient (Wildman–Crippen LogP) is 4.29. The van der Waals surface area contributed by atoms with Gasteiger partial charge in [0.15, 0.2) is 5.03 Å². The molecular weight excluding hydrogens is 465 g/mol. The van der Waals surface area contributed by atoms with Gasteiger partial charge in [-0.25, -0.2) is 13.1 Å². The second-order valence-corrected chi connectivity index (χ2v) is 9.88. The molecule has 0 radical (unpaired) electrons. The maximum Gasteiger partial charge on any atom is 0.416 e. The van der Waals surface area contributed by atoms with Gasteiger partial charge in [-0.2, -0.15) is 18.3 Å². The molecule has 0 spiro atoms. The lowest BCUT2D eigenvalue weighted by Crippen LogP contribution is -2.43. The summed E-state index contributed by atoms with van der Waals surface area (Å²) in [5.41, 5.74) is 0.909. The van der Waals surface area contributed by atoms with Crippen LogP contribution >= 0.6 is 0 Å². The summed E-state index contributed by atoms with van der Waals surface area (Å²) in [6, 6.07) is 17.9. The van der Waals surface area contributed by atoms with Gasteiger partial charge in [-0.15, -0.1) is 0 Å². The monoisotopic (exact) mass is 486 g/mol. The first kappa shape index (κ1) is 22.4. The summed E-state index contributed by atoms with van der Waals surface area (Å²) in [5, 5.41) is 7.97. The number of nitrogens with zero attached hydrogens (tertiary/aromatic N) is 3. The second kappa shape index (κ2) is 8.44. The Balaban J connectivity index is 1.69. The molecule has 0 saturated carbocycles. The van der Waals surface area contributed by atoms with E-state index in [2.05, 4.69) is 15.3 Å². The van der Waals surface area contributed by atoms with Gasteiger partial charge in [0.2, 0.25) is 9.84 Å². The Labute approximate surface area is 194 Å². The van der Waals surface area contributed by atoms with Crippen molar-refractivity contribution in [2.24, 2.45) is 0 Å². The molecule has 1 aliphatic rings. The molecule has 0 bridgehead atoms. The molecule has 0 aliphatic carbocycles. The highest BCUT2D eigenvalue weighted by Crippen LogP contribution is 2.34. The lowest BCUT2D eigenvalue weighted by atomic mass is 10.2. The number of anilines is 1. The zero-order valence-corrected chi connectivity index (χ0v) is 18.8. The van der Waals surface area contributed by atoms with E-state index in [1.165, 1.54) is 28.9 Å². The van der Waals surface area contributed by atoms with E-state index >= 15 is 0 Å². The Kier molecular flexibility index (Phi) is 5.57. The first-order chi connectivity index (χ1) is 16.2. The van der Waals surface area contributed by atoms with E-state index in [1.807, 2.05) is 6.07 Å². The van der Waals surface area contributed by atoms with Crippen molar-refractivity contribution in [3.63, 3.8) is 0 Å². The van der Waals surface area contributed by atoms with Crippen LogP contribution in [0.1, 0.15) is 5.56 Å². The van der Waals surface area contributed by atoms with Crippen LogP contribution in [0.25, 0.3) is 16.6 Å². The molecule has 6 nitrogen and oxygen atoms in total. The molecule has 1 N–H and O–H groups in total. The van der Waals surface area contributed by atoms with Crippen LogP contribution in [-0.4, -0.2) is 44.4 Å². The van der Waals surface area contributed by atoms with Gasteiger partial charge in [0.25, 0.3) is 0 Å². The summed E-state index contributed by atoms with van der Waals surface area (Å²) >= 11 is 0. The average molecular weight is 487 g/mol. The van der Waals surface area contributed by atoms with Crippen LogP contribution in [0.3, 0.4) is 0 Å². The highest BCUT2D eigenvalue weighted by molar-refractivity contribution is 7.91. The SMILES string of the molecule is O=S(=O)(c1ccccc1)c1nn(-c2ccc(C(F)(F)F)cc2)c2ccc(N3CCNCC3)cc12. The standard InChI is InChI=1S/C24H21F3N4O2S/c25-24(26,27)17-6-8-18(9-7-17)31-22-11-10-19(30-14-12-28-13-15-30)16-21(22)23(29-31)34(32,33)20-4-2-1-3-5-20/h1-11,16,28H,12-15H2. The zero-order valence-electron chi connectivity index (χ0n) is 18.0. The topological polar surface area (TPSA) is 67.2 Å². The molecular formula is C24H21F3N4O2S. The molecule has 1 aromatic heterocycles. The molecule has 0 unspecified atom stereocenters. The highest BCUT2D eigenvalue weighted by Gasteiger charge is 2.31. The fourth-order valence-corrected chi connectivity index (χ4v) is 5.48. The minimum atomic E-state index is -4.47. The number of benzene rings is 3. The Morgan fingerprint density at radius 1 is 0.853 bits per heavy atom. The highest BCUT2D eigenvalue weighted by atomic mass is 32.2. The molecule has 1 saturated heterocycles. The first-order valence-corrected chi connectivity index (χ1v) is 12.2. The van der Waals surface area contributed by atoms with E-state index < -0.39 is 21.6 Å². The summed E-state index contributed by atoms with van der Waals surface area (Å²) in [6.45, 7) is 3.19. The van der Waals surface area contributed by atoms with Crippen molar-refractivity contribution in [1.82, 2.24) is 15.1 Å². The Morgan fingerprint density at radius 3 is 2.15 bits per heavy atom. The van der Waals surface area contributed by atoms with Gasteiger partial charge in [0.05, 0.1) is 21.7 Å². The molecule has 34 heavy (non-hydrogen) atoms. The van der Waals surface area contributed by atoms with Gasteiger partial charge < -0.3 is 10.2 Å². The summed E-state index contributed by atoms with van der Waals surface area (Å²) in [6.07, 6.45) is -4.47. The normalized spacial score (nSPS) is 15.1. The maximum absolute atomic E-state index is 13.5. The average Bonchev–Trinajstić information content (AvgIpc) is 3.24. The predicted molar refractivity (Wildman–Crippen MR) is 123 cm³/mol. The minimum Gasteiger partial charge on any atom is -0.369 e. The van der Waals surface area contributed by atoms with E-state index in [4.69, 9.17) is 0 Å². The fraction of sp³-hybridized carbons (Fsp3) is 0.208. The third kappa shape index (κ3) is 4.03. The summed E-state index contributed by atoms with van der Waals surface area (Å²) in [7, 11) is -3.97. The number of alkyl halides is 3. The zero-order chi connectivity index (χ0) is 23.9. The van der Waals surface area contributed by atoms with Gasteiger partial charge in [0, 0.05) is 37.3 Å². The van der Waals surface area contributed by atoms with Crippen molar-refractivity contribution in [2.75, 3.05) is 31.1 Å². The third-order valence-corrected chi connectivity index (χ3v) is 7.56. The smallest absolute Gasteiger partial charge is 0.369 e. The molecule has 1 fully saturated rings. The van der Waals surface area contributed by atoms with Crippen molar-refractivity contribution < 1.29 is 21.6 Å². The lowest BCUT2D eigenvalue weighted by molar-refractivity contribution is -0.137. The van der Waals surface area contributed by atoms with Gasteiger partial charge in [0.1, 0.15) is 0 Å². The minimum absolute atomic E-state index is 0.0987. The second-order valence-electron chi connectivity index (χ2n) is 8.02. The van der Waals surface area contributed by atoms with Crippen molar-refractivity contribution in [3.8, 4) is 5.69 Å². The Hall–Kier alpha value is -3.37. The number of hydrogen-bond donors (Lipinski definition) is 1. The molecule has 4 aromatic rings. The van der Waals surface area contributed by atoms with Gasteiger partial charge in [-0.05, 0) is 54.6 Å². The van der Waals surface area contributed by atoms with Gasteiger partial charge in [-0.1, -0.05) is 18.2 Å². The number of fused-ring (bicyclic) bond motifs is 1. The third-order valence-electron chi connectivity index (χ3n) is 5.86. The van der Waals surface area contributed by atoms with Crippen LogP contribution in [0.15, 0.2) is 82.7 Å². The number of piperazine rings is 1. The Bertz CT molecular complexity index is 1430. The van der Waals surface area contributed by atoms with E-state index in [0.717, 1.165) is 44.0 Å². The van der Waals surface area contributed by atoms with Crippen LogP contribution in [-0.2, 0) is 16.0 Å². The van der Waals surface area contributed by atoms with Gasteiger partial charge in [-0.3, -0.25) is 0 Å². The number of aromatic nitrogens is 2. The molecule has 0 atom stereocenters. The Morgan fingerprint density at radius 2 is 1.50 bits per heavy atom. The van der Waals surface area contributed by atoms with Crippen LogP contribution in [0.4, 0.5) is 18.9 Å². The summed E-state index contributed by atoms with van der Waals surface area (Å²) < 4.78 is 67.5. The molecule has 2 heterocycles. The van der Waals surface area contributed by atoms with Crippen molar-refractivity contribution in [1.29, 1.82) is 0 Å². The number of rotatable bonds is 4. The number of nitrogens with one attached hydrogen (secondary N) is 1. The van der Waals surface area contributed by atoms with Crippen LogP contribution in [0.5, 0.6) is 0 Å². The van der Waals surface area contributed by atoms with Crippen molar-refractivity contribution in [2.45, 2.75) is 16.1 Å². The first-order valence-electron chi connectivity index (χ1n) is 10.7. The van der Waals surface area contributed by atoms with E-state index in [0.29, 0.717) is 16.6 Å². The number of hydrogen-bond acceptors (Lipinski definition) is 5. The fourth-order valence-electron chi connectivity index (χ4n) is 4.10. The van der Waals surface area contributed by atoms with Crippen molar-refractivity contribution >= 4 is 26.4 Å².